The Bertz CT molecular complexity index is 1550. The number of nitrogens with zero attached hydrogens (tertiary/aromatic N) is 2. The lowest BCUT2D eigenvalue weighted by molar-refractivity contribution is -0.137. The van der Waals surface area contributed by atoms with Gasteiger partial charge in [0, 0.05) is 22.5 Å². The van der Waals surface area contributed by atoms with E-state index in [1.165, 1.54) is 0 Å². The molecule has 34 heavy (non-hydrogen) atoms. The van der Waals surface area contributed by atoms with Gasteiger partial charge in [0.2, 0.25) is 0 Å². The molecule has 0 bridgehead atoms. The third kappa shape index (κ3) is 3.77. The number of para-hydroxylation sites is 1. The first kappa shape index (κ1) is 21.6. The van der Waals surface area contributed by atoms with E-state index in [2.05, 4.69) is 22.0 Å². The maximum atomic E-state index is 13.8. The SMILES string of the molecule is C=Nc1c(Nc2cc(C(F)(F)F)cc3c2ncc2ccccc23)cccc1-c1ccccc1C. The van der Waals surface area contributed by atoms with Gasteiger partial charge in [0.25, 0.3) is 0 Å². The van der Waals surface area contributed by atoms with Gasteiger partial charge in [-0.3, -0.25) is 9.98 Å². The summed E-state index contributed by atoms with van der Waals surface area (Å²) in [7, 11) is 0. The summed E-state index contributed by atoms with van der Waals surface area (Å²) in [4.78, 5) is 8.73. The van der Waals surface area contributed by atoms with Gasteiger partial charge >= 0.3 is 6.18 Å². The van der Waals surface area contributed by atoms with Crippen LogP contribution in [0.2, 0.25) is 0 Å². The van der Waals surface area contributed by atoms with Gasteiger partial charge in [0.15, 0.2) is 0 Å². The summed E-state index contributed by atoms with van der Waals surface area (Å²) >= 11 is 0. The standard InChI is InChI=1S/C28H20F3N3/c1-17-8-3-5-10-20(17)22-12-7-13-24(26(22)32-2)34-25-15-19(28(29,30)31)14-23-21-11-6-4-9-18(21)16-33-27(23)25/h3-16,34H,2H2,1H3. The van der Waals surface area contributed by atoms with E-state index in [0.717, 1.165) is 34.2 Å². The average Bonchev–Trinajstić information content (AvgIpc) is 2.83. The van der Waals surface area contributed by atoms with Crippen molar-refractivity contribution in [1.29, 1.82) is 0 Å². The molecule has 0 fully saturated rings. The molecule has 1 aromatic heterocycles. The van der Waals surface area contributed by atoms with Crippen molar-refractivity contribution in [2.45, 2.75) is 13.1 Å². The Kier molecular flexibility index (Phi) is 5.28. The molecule has 0 saturated carbocycles. The quantitative estimate of drug-likeness (QED) is 0.218. The molecule has 0 aliphatic heterocycles. The zero-order valence-electron chi connectivity index (χ0n) is 18.3. The van der Waals surface area contributed by atoms with Gasteiger partial charge < -0.3 is 5.32 Å². The minimum Gasteiger partial charge on any atom is -0.352 e. The third-order valence-corrected chi connectivity index (χ3v) is 5.92. The molecule has 1 N–H and O–H groups in total. The number of aliphatic imine (C=N–C) groups is 1. The Hall–Kier alpha value is -4.19. The minimum atomic E-state index is -4.51. The monoisotopic (exact) mass is 455 g/mol. The fourth-order valence-electron chi connectivity index (χ4n) is 4.28. The van der Waals surface area contributed by atoms with Crippen LogP contribution in [0.25, 0.3) is 32.8 Å². The molecule has 5 rings (SSSR count). The van der Waals surface area contributed by atoms with Gasteiger partial charge in [-0.1, -0.05) is 60.7 Å². The molecule has 0 spiro atoms. The lowest BCUT2D eigenvalue weighted by Gasteiger charge is -2.18. The van der Waals surface area contributed by atoms with Gasteiger partial charge in [-0.2, -0.15) is 13.2 Å². The first-order chi connectivity index (χ1) is 16.4. The minimum absolute atomic E-state index is 0.252. The van der Waals surface area contributed by atoms with Gasteiger partial charge in [0.1, 0.15) is 0 Å². The zero-order chi connectivity index (χ0) is 23.9. The molecule has 5 aromatic rings. The van der Waals surface area contributed by atoms with Gasteiger partial charge in [-0.15, -0.1) is 0 Å². The normalized spacial score (nSPS) is 11.6. The lowest BCUT2D eigenvalue weighted by atomic mass is 9.98. The van der Waals surface area contributed by atoms with E-state index in [0.29, 0.717) is 27.7 Å². The molecule has 0 radical (unpaired) electrons. The second-order valence-electron chi connectivity index (χ2n) is 8.06. The van der Waals surface area contributed by atoms with Crippen molar-refractivity contribution in [1.82, 2.24) is 4.98 Å². The second-order valence-corrected chi connectivity index (χ2v) is 8.06. The predicted molar refractivity (Wildman–Crippen MR) is 133 cm³/mol. The molecular weight excluding hydrogens is 435 g/mol. The Morgan fingerprint density at radius 2 is 1.56 bits per heavy atom. The van der Waals surface area contributed by atoms with Crippen LogP contribution in [0.1, 0.15) is 11.1 Å². The van der Waals surface area contributed by atoms with Crippen molar-refractivity contribution < 1.29 is 13.2 Å². The summed E-state index contributed by atoms with van der Waals surface area (Å²) in [6, 6.07) is 22.9. The molecule has 0 atom stereocenters. The van der Waals surface area contributed by atoms with Crippen molar-refractivity contribution >= 4 is 45.5 Å². The highest BCUT2D eigenvalue weighted by Gasteiger charge is 2.32. The Labute approximate surface area is 194 Å². The number of anilines is 2. The molecule has 1 heterocycles. The van der Waals surface area contributed by atoms with E-state index in [-0.39, 0.29) is 5.69 Å². The van der Waals surface area contributed by atoms with Crippen LogP contribution in [0.15, 0.2) is 90.1 Å². The van der Waals surface area contributed by atoms with E-state index in [1.54, 1.807) is 24.4 Å². The maximum absolute atomic E-state index is 13.8. The largest absolute Gasteiger partial charge is 0.416 e. The van der Waals surface area contributed by atoms with Crippen LogP contribution in [0.4, 0.5) is 30.2 Å². The van der Waals surface area contributed by atoms with E-state index in [9.17, 15) is 13.2 Å². The number of pyridine rings is 1. The van der Waals surface area contributed by atoms with Crippen molar-refractivity contribution in [3.63, 3.8) is 0 Å². The number of rotatable bonds is 4. The Morgan fingerprint density at radius 1 is 0.824 bits per heavy atom. The lowest BCUT2D eigenvalue weighted by Crippen LogP contribution is -2.06. The summed E-state index contributed by atoms with van der Waals surface area (Å²) < 4.78 is 41.5. The zero-order valence-corrected chi connectivity index (χ0v) is 18.3. The molecule has 3 nitrogen and oxygen atoms in total. The van der Waals surface area contributed by atoms with E-state index >= 15 is 0 Å². The van der Waals surface area contributed by atoms with Gasteiger partial charge in [-0.05, 0) is 48.4 Å². The van der Waals surface area contributed by atoms with Crippen molar-refractivity contribution in [3.8, 4) is 11.1 Å². The van der Waals surface area contributed by atoms with Crippen molar-refractivity contribution in [2.75, 3.05) is 5.32 Å². The molecule has 0 amide bonds. The first-order valence-electron chi connectivity index (χ1n) is 10.7. The third-order valence-electron chi connectivity index (χ3n) is 5.92. The fourth-order valence-corrected chi connectivity index (χ4v) is 4.28. The highest BCUT2D eigenvalue weighted by Crippen LogP contribution is 2.42. The summed E-state index contributed by atoms with van der Waals surface area (Å²) in [6.45, 7) is 5.72. The number of alkyl halides is 3. The van der Waals surface area contributed by atoms with E-state index in [1.807, 2.05) is 55.5 Å². The summed E-state index contributed by atoms with van der Waals surface area (Å²) in [6.07, 6.45) is -2.84. The number of nitrogens with one attached hydrogen (secondary N) is 1. The molecule has 0 unspecified atom stereocenters. The number of hydrogen-bond donors (Lipinski definition) is 1. The summed E-state index contributed by atoms with van der Waals surface area (Å²) in [5, 5.41) is 5.09. The van der Waals surface area contributed by atoms with Crippen LogP contribution in [-0.2, 0) is 6.18 Å². The van der Waals surface area contributed by atoms with Crippen molar-refractivity contribution in [3.05, 3.63) is 96.2 Å². The highest BCUT2D eigenvalue weighted by atomic mass is 19.4. The molecule has 0 aliphatic carbocycles. The van der Waals surface area contributed by atoms with Crippen molar-refractivity contribution in [2.24, 2.45) is 4.99 Å². The fraction of sp³-hybridized carbons (Fsp3) is 0.0714. The Balaban J connectivity index is 1.73. The van der Waals surface area contributed by atoms with Crippen LogP contribution in [0.3, 0.4) is 0 Å². The molecule has 0 saturated heterocycles. The topological polar surface area (TPSA) is 37.3 Å². The number of aryl methyl sites for hydroxylation is 1. The Morgan fingerprint density at radius 3 is 2.32 bits per heavy atom. The maximum Gasteiger partial charge on any atom is 0.416 e. The van der Waals surface area contributed by atoms with Crippen LogP contribution >= 0.6 is 0 Å². The van der Waals surface area contributed by atoms with Crippen LogP contribution in [0.5, 0.6) is 0 Å². The number of fused-ring (bicyclic) bond motifs is 3. The van der Waals surface area contributed by atoms with E-state index in [4.69, 9.17) is 0 Å². The number of aromatic nitrogens is 1. The molecule has 4 aromatic carbocycles. The first-order valence-corrected chi connectivity index (χ1v) is 10.7. The highest BCUT2D eigenvalue weighted by molar-refractivity contribution is 6.10. The van der Waals surface area contributed by atoms with Crippen LogP contribution < -0.4 is 5.32 Å². The van der Waals surface area contributed by atoms with Crippen LogP contribution in [-0.4, -0.2) is 11.7 Å². The average molecular weight is 455 g/mol. The number of halogens is 3. The van der Waals surface area contributed by atoms with Crippen LogP contribution in [0, 0.1) is 6.92 Å². The summed E-state index contributed by atoms with van der Waals surface area (Å²) in [5.41, 5.74) is 3.94. The number of hydrogen-bond acceptors (Lipinski definition) is 3. The molecule has 168 valence electrons. The molecule has 0 aliphatic rings. The van der Waals surface area contributed by atoms with Gasteiger partial charge in [0.05, 0.1) is 28.1 Å². The second kappa shape index (κ2) is 8.30. The summed E-state index contributed by atoms with van der Waals surface area (Å²) in [5.74, 6) is 0. The van der Waals surface area contributed by atoms with Gasteiger partial charge in [-0.25, -0.2) is 0 Å². The predicted octanol–water partition coefficient (Wildman–Crippen LogP) is 8.46. The molecule has 6 heteroatoms. The molecular formula is C28H20F3N3. The van der Waals surface area contributed by atoms with E-state index < -0.39 is 11.7 Å². The number of benzene rings is 4. The smallest absolute Gasteiger partial charge is 0.352 e.